The number of rotatable bonds is 4. The van der Waals surface area contributed by atoms with Crippen molar-refractivity contribution in [3.05, 3.63) is 29.2 Å². The van der Waals surface area contributed by atoms with Gasteiger partial charge in [-0.3, -0.25) is 4.98 Å². The van der Waals surface area contributed by atoms with Crippen molar-refractivity contribution >= 4 is 11.6 Å². The molecule has 2 N–H and O–H groups in total. The SMILES string of the molecule is CCC[C@@H](N)c1nc(-c2ccc(Cl)cn2)no1. The molecule has 0 aliphatic carbocycles. The van der Waals surface area contributed by atoms with Crippen molar-refractivity contribution < 1.29 is 4.52 Å². The van der Waals surface area contributed by atoms with Gasteiger partial charge in [-0.25, -0.2) is 0 Å². The summed E-state index contributed by atoms with van der Waals surface area (Å²) >= 11 is 5.75. The van der Waals surface area contributed by atoms with Crippen LogP contribution in [0.2, 0.25) is 5.02 Å². The fourth-order valence-electron chi connectivity index (χ4n) is 1.43. The molecular weight excluding hydrogens is 240 g/mol. The van der Waals surface area contributed by atoms with Crippen LogP contribution in [0.3, 0.4) is 0 Å². The van der Waals surface area contributed by atoms with Crippen molar-refractivity contribution in [2.24, 2.45) is 5.73 Å². The van der Waals surface area contributed by atoms with Gasteiger partial charge in [-0.05, 0) is 18.6 Å². The summed E-state index contributed by atoms with van der Waals surface area (Å²) < 4.78 is 5.10. The zero-order valence-electron chi connectivity index (χ0n) is 9.43. The number of pyridine rings is 1. The van der Waals surface area contributed by atoms with E-state index in [1.807, 2.05) is 0 Å². The second-order valence-electron chi connectivity index (χ2n) is 3.71. The molecule has 0 fully saturated rings. The van der Waals surface area contributed by atoms with Crippen LogP contribution in [-0.2, 0) is 0 Å². The molecule has 0 spiro atoms. The Hall–Kier alpha value is -1.46. The van der Waals surface area contributed by atoms with Crippen LogP contribution >= 0.6 is 11.6 Å². The molecule has 0 amide bonds. The molecular formula is C11H13ClN4O. The first-order valence-corrected chi connectivity index (χ1v) is 5.79. The van der Waals surface area contributed by atoms with Gasteiger partial charge in [0.15, 0.2) is 0 Å². The molecule has 0 unspecified atom stereocenters. The lowest BCUT2D eigenvalue weighted by Gasteiger charge is -2.02. The molecule has 0 bridgehead atoms. The minimum atomic E-state index is -0.214. The van der Waals surface area contributed by atoms with Crippen LogP contribution in [0.4, 0.5) is 0 Å². The molecule has 0 aromatic carbocycles. The molecule has 0 aliphatic rings. The van der Waals surface area contributed by atoms with Crippen molar-refractivity contribution in [3.63, 3.8) is 0 Å². The predicted molar refractivity (Wildman–Crippen MR) is 64.4 cm³/mol. The second-order valence-corrected chi connectivity index (χ2v) is 4.15. The van der Waals surface area contributed by atoms with E-state index in [0.717, 1.165) is 12.8 Å². The Morgan fingerprint density at radius 1 is 1.47 bits per heavy atom. The first-order valence-electron chi connectivity index (χ1n) is 5.42. The van der Waals surface area contributed by atoms with Crippen LogP contribution in [-0.4, -0.2) is 15.1 Å². The molecule has 0 saturated heterocycles. The van der Waals surface area contributed by atoms with Crippen molar-refractivity contribution in [2.75, 3.05) is 0 Å². The highest BCUT2D eigenvalue weighted by Gasteiger charge is 2.15. The van der Waals surface area contributed by atoms with E-state index in [2.05, 4.69) is 22.0 Å². The average molecular weight is 253 g/mol. The molecule has 2 heterocycles. The van der Waals surface area contributed by atoms with Crippen molar-refractivity contribution in [3.8, 4) is 11.5 Å². The van der Waals surface area contributed by atoms with Crippen LogP contribution in [0, 0.1) is 0 Å². The van der Waals surface area contributed by atoms with Gasteiger partial charge >= 0.3 is 0 Å². The summed E-state index contributed by atoms with van der Waals surface area (Å²) in [5.74, 6) is 0.877. The third-order valence-electron chi connectivity index (χ3n) is 2.32. The zero-order valence-corrected chi connectivity index (χ0v) is 10.2. The third kappa shape index (κ3) is 2.81. The maximum absolute atomic E-state index is 5.88. The molecule has 2 rings (SSSR count). The van der Waals surface area contributed by atoms with E-state index >= 15 is 0 Å². The molecule has 2 aromatic rings. The average Bonchev–Trinajstić information content (AvgIpc) is 2.80. The van der Waals surface area contributed by atoms with Gasteiger partial charge in [-0.2, -0.15) is 4.98 Å². The fourth-order valence-corrected chi connectivity index (χ4v) is 1.54. The lowest BCUT2D eigenvalue weighted by atomic mass is 10.2. The maximum Gasteiger partial charge on any atom is 0.243 e. The molecule has 1 atom stereocenters. The largest absolute Gasteiger partial charge is 0.337 e. The Balaban J connectivity index is 2.20. The van der Waals surface area contributed by atoms with Crippen LogP contribution in [0.1, 0.15) is 31.7 Å². The van der Waals surface area contributed by atoms with E-state index in [4.69, 9.17) is 21.9 Å². The van der Waals surface area contributed by atoms with Crippen LogP contribution < -0.4 is 5.73 Å². The Morgan fingerprint density at radius 3 is 2.94 bits per heavy atom. The smallest absolute Gasteiger partial charge is 0.243 e. The Morgan fingerprint density at radius 2 is 2.29 bits per heavy atom. The van der Waals surface area contributed by atoms with E-state index < -0.39 is 0 Å². The van der Waals surface area contributed by atoms with Crippen molar-refractivity contribution in [2.45, 2.75) is 25.8 Å². The fraction of sp³-hybridized carbons (Fsp3) is 0.364. The highest BCUT2D eigenvalue weighted by atomic mass is 35.5. The first kappa shape index (κ1) is 12.0. The van der Waals surface area contributed by atoms with E-state index in [0.29, 0.717) is 22.4 Å². The molecule has 2 aromatic heterocycles. The topological polar surface area (TPSA) is 77.8 Å². The van der Waals surface area contributed by atoms with Gasteiger partial charge in [0.25, 0.3) is 0 Å². The summed E-state index contributed by atoms with van der Waals surface area (Å²) in [7, 11) is 0. The van der Waals surface area contributed by atoms with Crippen LogP contribution in [0.25, 0.3) is 11.5 Å². The minimum absolute atomic E-state index is 0.214. The molecule has 6 heteroatoms. The number of aromatic nitrogens is 3. The van der Waals surface area contributed by atoms with Gasteiger partial charge in [0, 0.05) is 6.20 Å². The molecule has 0 radical (unpaired) electrons. The molecule has 0 aliphatic heterocycles. The van der Waals surface area contributed by atoms with E-state index in [9.17, 15) is 0 Å². The monoisotopic (exact) mass is 252 g/mol. The van der Waals surface area contributed by atoms with Crippen molar-refractivity contribution in [1.82, 2.24) is 15.1 Å². The standard InChI is InChI=1S/C11H13ClN4O/c1-2-3-8(13)11-15-10(16-17-11)9-5-4-7(12)6-14-9/h4-6,8H,2-3,13H2,1H3/t8-/m1/s1. The van der Waals surface area contributed by atoms with Crippen LogP contribution in [0.5, 0.6) is 0 Å². The Bertz CT molecular complexity index is 482. The van der Waals surface area contributed by atoms with E-state index in [-0.39, 0.29) is 6.04 Å². The van der Waals surface area contributed by atoms with Gasteiger partial charge in [0.2, 0.25) is 11.7 Å². The summed E-state index contributed by atoms with van der Waals surface area (Å²) in [5, 5.41) is 4.42. The summed E-state index contributed by atoms with van der Waals surface area (Å²) in [6.07, 6.45) is 3.33. The normalized spacial score (nSPS) is 12.6. The summed E-state index contributed by atoms with van der Waals surface area (Å²) in [5.41, 5.74) is 6.50. The zero-order chi connectivity index (χ0) is 12.3. The maximum atomic E-state index is 5.88. The Labute approximate surface area is 104 Å². The molecule has 17 heavy (non-hydrogen) atoms. The number of nitrogens with two attached hydrogens (primary N) is 1. The quantitative estimate of drug-likeness (QED) is 0.905. The molecule has 90 valence electrons. The number of hydrogen-bond acceptors (Lipinski definition) is 5. The number of hydrogen-bond donors (Lipinski definition) is 1. The number of halogens is 1. The highest BCUT2D eigenvalue weighted by Crippen LogP contribution is 2.19. The van der Waals surface area contributed by atoms with Gasteiger partial charge in [-0.1, -0.05) is 30.1 Å². The lowest BCUT2D eigenvalue weighted by molar-refractivity contribution is 0.348. The van der Waals surface area contributed by atoms with Crippen LogP contribution in [0.15, 0.2) is 22.9 Å². The van der Waals surface area contributed by atoms with Gasteiger partial charge in [0.05, 0.1) is 11.1 Å². The third-order valence-corrected chi connectivity index (χ3v) is 2.54. The van der Waals surface area contributed by atoms with E-state index in [1.165, 1.54) is 0 Å². The number of nitrogens with zero attached hydrogens (tertiary/aromatic N) is 3. The summed E-state index contributed by atoms with van der Waals surface area (Å²) in [4.78, 5) is 8.33. The summed E-state index contributed by atoms with van der Waals surface area (Å²) in [6.45, 7) is 2.05. The Kier molecular flexibility index (Phi) is 3.71. The van der Waals surface area contributed by atoms with Crippen molar-refractivity contribution in [1.29, 1.82) is 0 Å². The minimum Gasteiger partial charge on any atom is -0.337 e. The predicted octanol–water partition coefficient (Wildman–Crippen LogP) is 2.58. The van der Waals surface area contributed by atoms with E-state index in [1.54, 1.807) is 18.3 Å². The van der Waals surface area contributed by atoms with Gasteiger partial charge < -0.3 is 10.3 Å². The van der Waals surface area contributed by atoms with Gasteiger partial charge in [0.1, 0.15) is 5.69 Å². The first-order chi connectivity index (χ1) is 8.20. The van der Waals surface area contributed by atoms with Gasteiger partial charge in [-0.15, -0.1) is 0 Å². The molecule has 5 nitrogen and oxygen atoms in total. The lowest BCUT2D eigenvalue weighted by Crippen LogP contribution is -2.09. The second kappa shape index (κ2) is 5.25. The highest BCUT2D eigenvalue weighted by molar-refractivity contribution is 6.30. The molecule has 0 saturated carbocycles. The summed E-state index contributed by atoms with van der Waals surface area (Å²) in [6, 6.07) is 3.25.